The van der Waals surface area contributed by atoms with Crippen LogP contribution in [-0.2, 0) is 12.8 Å². The molecule has 1 aliphatic heterocycles. The molecule has 0 saturated carbocycles. The van der Waals surface area contributed by atoms with Crippen molar-refractivity contribution >= 4 is 16.8 Å². The standard InChI is InChI=1S/C19H23N.C16H25N.C2H6/c1-5-17(19-12-16(20)11-10-14(19)3)15(4)18-9-7-6-8-13(18)2;1-2-15-8-10-16(11-9-15)7-6-14-17-12-4-3-5-13-17;1-2/h6-12H,5,20H2,1-4H3;8-11H,2-7,12-14H2,1H3;1-2H3/b17-15+;;. The van der Waals surface area contributed by atoms with Gasteiger partial charge in [0.05, 0.1) is 0 Å². The molecule has 212 valence electrons. The van der Waals surface area contributed by atoms with Crippen molar-refractivity contribution in [1.82, 2.24) is 4.90 Å². The molecule has 4 rings (SSSR count). The molecule has 0 spiro atoms. The molecular weight excluding hydrogens is 472 g/mol. The number of rotatable bonds is 8. The highest BCUT2D eigenvalue weighted by molar-refractivity contribution is 5.92. The summed E-state index contributed by atoms with van der Waals surface area (Å²) in [5.74, 6) is 0. The number of likely N-dealkylation sites (tertiary alicyclic amines) is 1. The maximum absolute atomic E-state index is 5.97. The Balaban J connectivity index is 0.000000260. The summed E-state index contributed by atoms with van der Waals surface area (Å²) in [5.41, 5.74) is 17.7. The van der Waals surface area contributed by atoms with Crippen molar-refractivity contribution in [2.24, 2.45) is 0 Å². The zero-order chi connectivity index (χ0) is 28.6. The lowest BCUT2D eigenvalue weighted by atomic mass is 9.89. The lowest BCUT2D eigenvalue weighted by Crippen LogP contribution is -2.30. The first-order chi connectivity index (χ1) is 18.9. The summed E-state index contributed by atoms with van der Waals surface area (Å²) in [4.78, 5) is 2.63. The summed E-state index contributed by atoms with van der Waals surface area (Å²) in [6.07, 6.45) is 8.95. The van der Waals surface area contributed by atoms with Crippen LogP contribution < -0.4 is 5.73 Å². The van der Waals surface area contributed by atoms with Crippen LogP contribution in [0.4, 0.5) is 5.69 Å². The molecular formula is C37H54N2. The molecule has 2 heteroatoms. The average molecular weight is 527 g/mol. The van der Waals surface area contributed by atoms with Crippen LogP contribution in [0.3, 0.4) is 0 Å². The monoisotopic (exact) mass is 526 g/mol. The van der Waals surface area contributed by atoms with Gasteiger partial charge >= 0.3 is 0 Å². The molecule has 0 aliphatic carbocycles. The minimum absolute atomic E-state index is 0.828. The van der Waals surface area contributed by atoms with Crippen molar-refractivity contribution in [2.75, 3.05) is 25.4 Å². The Morgan fingerprint density at radius 1 is 0.769 bits per heavy atom. The van der Waals surface area contributed by atoms with Crippen molar-refractivity contribution in [3.05, 3.63) is 100 Å². The third kappa shape index (κ3) is 10.3. The van der Waals surface area contributed by atoms with E-state index in [2.05, 4.69) is 100 Å². The number of aryl methyl sites for hydroxylation is 4. The van der Waals surface area contributed by atoms with Crippen LogP contribution in [0.15, 0.2) is 66.7 Å². The van der Waals surface area contributed by atoms with Gasteiger partial charge in [0, 0.05) is 5.69 Å². The van der Waals surface area contributed by atoms with Crippen molar-refractivity contribution in [3.63, 3.8) is 0 Å². The number of nitrogens with zero attached hydrogens (tertiary/aromatic N) is 1. The van der Waals surface area contributed by atoms with E-state index in [9.17, 15) is 0 Å². The average Bonchev–Trinajstić information content (AvgIpc) is 2.98. The second kappa shape index (κ2) is 17.7. The summed E-state index contributed by atoms with van der Waals surface area (Å²) in [6, 6.07) is 23.9. The van der Waals surface area contributed by atoms with Gasteiger partial charge in [-0.25, -0.2) is 0 Å². The molecule has 2 nitrogen and oxygen atoms in total. The third-order valence-electron chi connectivity index (χ3n) is 7.76. The molecule has 3 aromatic rings. The minimum atomic E-state index is 0.828. The topological polar surface area (TPSA) is 29.3 Å². The minimum Gasteiger partial charge on any atom is -0.399 e. The van der Waals surface area contributed by atoms with E-state index in [1.807, 2.05) is 19.9 Å². The van der Waals surface area contributed by atoms with Gasteiger partial charge in [-0.2, -0.15) is 0 Å². The number of hydrogen-bond donors (Lipinski definition) is 1. The molecule has 1 fully saturated rings. The molecule has 0 unspecified atom stereocenters. The van der Waals surface area contributed by atoms with Gasteiger partial charge in [0.25, 0.3) is 0 Å². The molecule has 0 radical (unpaired) electrons. The lowest BCUT2D eigenvalue weighted by Gasteiger charge is -2.26. The lowest BCUT2D eigenvalue weighted by molar-refractivity contribution is 0.226. The Bertz CT molecular complexity index is 1130. The molecule has 2 N–H and O–H groups in total. The maximum atomic E-state index is 5.97. The van der Waals surface area contributed by atoms with Gasteiger partial charge in [0.15, 0.2) is 0 Å². The third-order valence-corrected chi connectivity index (χ3v) is 7.76. The zero-order valence-electron chi connectivity index (χ0n) is 25.9. The Hall–Kier alpha value is -2.84. The van der Waals surface area contributed by atoms with Crippen molar-refractivity contribution in [3.8, 4) is 0 Å². The number of hydrogen-bond acceptors (Lipinski definition) is 2. The fraction of sp³-hybridized carbons (Fsp3) is 0.459. The molecule has 3 aromatic carbocycles. The van der Waals surface area contributed by atoms with Crippen LogP contribution in [0.25, 0.3) is 11.1 Å². The predicted molar refractivity (Wildman–Crippen MR) is 175 cm³/mol. The van der Waals surface area contributed by atoms with E-state index < -0.39 is 0 Å². The summed E-state index contributed by atoms with van der Waals surface area (Å²) in [6.45, 7) is 18.9. The second-order valence-electron chi connectivity index (χ2n) is 10.5. The van der Waals surface area contributed by atoms with E-state index in [-0.39, 0.29) is 0 Å². The predicted octanol–water partition coefficient (Wildman–Crippen LogP) is 9.92. The molecule has 0 atom stereocenters. The van der Waals surface area contributed by atoms with Gasteiger partial charge in [-0.05, 0) is 136 Å². The van der Waals surface area contributed by atoms with E-state index in [0.29, 0.717) is 0 Å². The van der Waals surface area contributed by atoms with E-state index in [0.717, 1.165) is 18.5 Å². The number of benzene rings is 3. The largest absolute Gasteiger partial charge is 0.399 e. The van der Waals surface area contributed by atoms with E-state index in [1.54, 1.807) is 0 Å². The van der Waals surface area contributed by atoms with Gasteiger partial charge in [-0.3, -0.25) is 0 Å². The fourth-order valence-corrected chi connectivity index (χ4v) is 5.41. The molecule has 1 saturated heterocycles. The Morgan fingerprint density at radius 3 is 2.00 bits per heavy atom. The quantitative estimate of drug-likeness (QED) is 0.234. The molecule has 1 aliphatic rings. The summed E-state index contributed by atoms with van der Waals surface area (Å²) in [7, 11) is 0. The summed E-state index contributed by atoms with van der Waals surface area (Å²) >= 11 is 0. The first-order valence-electron chi connectivity index (χ1n) is 15.3. The highest BCUT2D eigenvalue weighted by Gasteiger charge is 2.11. The molecule has 0 amide bonds. The molecule has 1 heterocycles. The van der Waals surface area contributed by atoms with Crippen LogP contribution in [0.1, 0.15) is 100 Å². The Morgan fingerprint density at radius 2 is 1.38 bits per heavy atom. The van der Waals surface area contributed by atoms with Gasteiger partial charge in [0.1, 0.15) is 0 Å². The van der Waals surface area contributed by atoms with Crippen LogP contribution >= 0.6 is 0 Å². The van der Waals surface area contributed by atoms with Crippen LogP contribution in [0, 0.1) is 13.8 Å². The van der Waals surface area contributed by atoms with Gasteiger partial charge in [-0.15, -0.1) is 0 Å². The number of nitrogen functional groups attached to an aromatic ring is 1. The van der Waals surface area contributed by atoms with E-state index >= 15 is 0 Å². The SMILES string of the molecule is CC.CC/C(=C(/C)c1ccccc1C)c1cc(N)ccc1C.CCc1ccc(CCCN2CCCCC2)cc1. The van der Waals surface area contributed by atoms with Gasteiger partial charge < -0.3 is 10.6 Å². The maximum Gasteiger partial charge on any atom is 0.0320 e. The normalized spacial score (nSPS) is 13.9. The fourth-order valence-electron chi connectivity index (χ4n) is 5.41. The van der Waals surface area contributed by atoms with Gasteiger partial charge in [0.2, 0.25) is 0 Å². The van der Waals surface area contributed by atoms with Crippen molar-refractivity contribution < 1.29 is 0 Å². The summed E-state index contributed by atoms with van der Waals surface area (Å²) < 4.78 is 0. The van der Waals surface area contributed by atoms with Crippen LogP contribution in [0.5, 0.6) is 0 Å². The van der Waals surface area contributed by atoms with E-state index in [1.165, 1.54) is 96.3 Å². The second-order valence-corrected chi connectivity index (χ2v) is 10.5. The highest BCUT2D eigenvalue weighted by atomic mass is 15.1. The molecule has 0 bridgehead atoms. The Kier molecular flexibility index (Phi) is 14.7. The van der Waals surface area contributed by atoms with Crippen LogP contribution in [-0.4, -0.2) is 24.5 Å². The van der Waals surface area contributed by atoms with Crippen molar-refractivity contribution in [1.29, 1.82) is 0 Å². The summed E-state index contributed by atoms with van der Waals surface area (Å²) in [5, 5.41) is 0. The number of allylic oxidation sites excluding steroid dienone is 2. The zero-order valence-corrected chi connectivity index (χ0v) is 25.9. The number of nitrogens with two attached hydrogens (primary N) is 1. The van der Waals surface area contributed by atoms with Crippen molar-refractivity contribution in [2.45, 2.75) is 93.4 Å². The highest BCUT2D eigenvalue weighted by Crippen LogP contribution is 2.32. The first kappa shape index (κ1) is 32.4. The number of anilines is 1. The first-order valence-corrected chi connectivity index (χ1v) is 15.3. The molecule has 39 heavy (non-hydrogen) atoms. The van der Waals surface area contributed by atoms with Gasteiger partial charge in [-0.1, -0.05) is 88.7 Å². The number of piperidine rings is 1. The smallest absolute Gasteiger partial charge is 0.0320 e. The Labute approximate surface area is 240 Å². The van der Waals surface area contributed by atoms with Crippen LogP contribution in [0.2, 0.25) is 0 Å². The van der Waals surface area contributed by atoms with E-state index in [4.69, 9.17) is 5.73 Å². The molecule has 0 aromatic heterocycles.